The minimum absolute atomic E-state index is 0.00664. The Hall–Kier alpha value is -3.41. The van der Waals surface area contributed by atoms with Gasteiger partial charge in [0, 0.05) is 37.0 Å². The Morgan fingerprint density at radius 3 is 2.45 bits per heavy atom. The molecule has 2 amide bonds. The number of allylic oxidation sites excluding steroid dienone is 1. The molecular weight excluding hydrogens is 548 g/mol. The topological polar surface area (TPSA) is 207 Å². The van der Waals surface area contributed by atoms with E-state index in [-0.39, 0.29) is 55.0 Å². The summed E-state index contributed by atoms with van der Waals surface area (Å²) in [5.41, 5.74) is 2.78. The van der Waals surface area contributed by atoms with Gasteiger partial charge in [-0.15, -0.1) is 0 Å². The molecule has 7 atom stereocenters. The van der Waals surface area contributed by atoms with Crippen LogP contribution in [0.15, 0.2) is 11.6 Å². The van der Waals surface area contributed by atoms with Gasteiger partial charge in [0.05, 0.1) is 6.42 Å². The molecule has 0 aliphatic heterocycles. The number of fused-ring (bicyclic) bond motifs is 5. The summed E-state index contributed by atoms with van der Waals surface area (Å²) in [6.07, 6.45) is 3.59. The van der Waals surface area contributed by atoms with Crippen LogP contribution in [0.1, 0.15) is 84.5 Å². The maximum absolute atomic E-state index is 13.7. The number of carbonyl (C=O) groups is 7. The average molecular weight is 589 g/mol. The van der Waals surface area contributed by atoms with Gasteiger partial charge in [0.25, 0.3) is 0 Å². The number of hydrogen-bond donors (Lipinski definition) is 4. The number of amides is 2. The van der Waals surface area contributed by atoms with Gasteiger partial charge in [-0.2, -0.15) is 0 Å². The second kappa shape index (κ2) is 11.7. The van der Waals surface area contributed by atoms with E-state index < -0.39 is 71.5 Å². The zero-order chi connectivity index (χ0) is 31.0. The smallest absolute Gasteiger partial charge is 0.326 e. The SMILES string of the molecule is C[C@]12CCC(=O)C=C1CC[C@@H]1[C@@H]2C(=O)C[C@@]2(C)[C@H]1CC[C@]2(O)C(=O)COC(=O)CCC(=O)N[C@@H](CCC(N)=O)C(=O)O. The first-order valence-electron chi connectivity index (χ1n) is 14.6. The molecule has 12 nitrogen and oxygen atoms in total. The number of aliphatic hydroxyl groups is 1. The maximum Gasteiger partial charge on any atom is 0.326 e. The zero-order valence-corrected chi connectivity index (χ0v) is 24.1. The van der Waals surface area contributed by atoms with Gasteiger partial charge in [0.1, 0.15) is 17.4 Å². The number of esters is 1. The molecule has 0 spiro atoms. The molecule has 0 aromatic heterocycles. The van der Waals surface area contributed by atoms with Gasteiger partial charge in [-0.3, -0.25) is 28.8 Å². The van der Waals surface area contributed by atoms with Gasteiger partial charge in [-0.1, -0.05) is 19.4 Å². The van der Waals surface area contributed by atoms with E-state index in [1.165, 1.54) is 0 Å². The molecule has 0 aromatic rings. The second-order valence-electron chi connectivity index (χ2n) is 12.8. The molecular formula is C30H40N2O10. The number of ether oxygens (including phenoxy) is 1. The van der Waals surface area contributed by atoms with E-state index in [1.54, 1.807) is 13.0 Å². The molecule has 4 rings (SSSR count). The maximum atomic E-state index is 13.7. The summed E-state index contributed by atoms with van der Waals surface area (Å²) in [6.45, 7) is 3.13. The lowest BCUT2D eigenvalue weighted by Gasteiger charge is -2.57. The highest BCUT2D eigenvalue weighted by Crippen LogP contribution is 2.66. The predicted molar refractivity (Wildman–Crippen MR) is 145 cm³/mol. The summed E-state index contributed by atoms with van der Waals surface area (Å²) in [5, 5.41) is 23.1. The normalized spacial score (nSPS) is 34.3. The Morgan fingerprint density at radius 2 is 1.79 bits per heavy atom. The minimum Gasteiger partial charge on any atom is -0.480 e. The molecule has 12 heteroatoms. The highest BCUT2D eigenvalue weighted by atomic mass is 16.5. The van der Waals surface area contributed by atoms with E-state index >= 15 is 0 Å². The summed E-state index contributed by atoms with van der Waals surface area (Å²) >= 11 is 0. The van der Waals surface area contributed by atoms with Crippen LogP contribution in [-0.4, -0.2) is 69.6 Å². The number of Topliss-reactive ketones (excluding diaryl/α,β-unsaturated/α-hetero) is 2. The first kappa shape index (κ1) is 31.5. The highest BCUT2D eigenvalue weighted by Gasteiger charge is 2.68. The molecule has 0 bridgehead atoms. The number of carboxylic acid groups (broad SMARTS) is 1. The van der Waals surface area contributed by atoms with Crippen molar-refractivity contribution in [3.63, 3.8) is 0 Å². The molecule has 3 fully saturated rings. The first-order chi connectivity index (χ1) is 19.6. The summed E-state index contributed by atoms with van der Waals surface area (Å²) < 4.78 is 5.09. The average Bonchev–Trinajstić information content (AvgIpc) is 3.19. The summed E-state index contributed by atoms with van der Waals surface area (Å²) in [6, 6.07) is -1.35. The lowest BCUT2D eigenvalue weighted by Crippen LogP contribution is -2.61. The fraction of sp³-hybridized carbons (Fsp3) is 0.700. The summed E-state index contributed by atoms with van der Waals surface area (Å²) in [5.74, 6) is -4.67. The van der Waals surface area contributed by atoms with Crippen LogP contribution in [0.2, 0.25) is 0 Å². The molecule has 0 radical (unpaired) electrons. The first-order valence-corrected chi connectivity index (χ1v) is 14.6. The third-order valence-electron chi connectivity index (χ3n) is 10.5. The molecule has 230 valence electrons. The summed E-state index contributed by atoms with van der Waals surface area (Å²) in [7, 11) is 0. The number of carbonyl (C=O) groups excluding carboxylic acids is 6. The molecule has 0 saturated heterocycles. The third kappa shape index (κ3) is 5.65. The number of ketones is 3. The van der Waals surface area contributed by atoms with Crippen molar-refractivity contribution in [1.82, 2.24) is 5.32 Å². The van der Waals surface area contributed by atoms with Crippen LogP contribution in [-0.2, 0) is 38.3 Å². The lowest BCUT2D eigenvalue weighted by atomic mass is 9.46. The quantitative estimate of drug-likeness (QED) is 0.253. The zero-order valence-electron chi connectivity index (χ0n) is 24.1. The number of carboxylic acids is 1. The Balaban J connectivity index is 1.35. The van der Waals surface area contributed by atoms with Gasteiger partial charge in [0.2, 0.25) is 17.6 Å². The van der Waals surface area contributed by atoms with Crippen molar-refractivity contribution < 1.29 is 48.5 Å². The second-order valence-corrected chi connectivity index (χ2v) is 12.8. The van der Waals surface area contributed by atoms with E-state index in [1.807, 2.05) is 0 Å². The van der Waals surface area contributed by atoms with Gasteiger partial charge >= 0.3 is 11.9 Å². The number of nitrogens with two attached hydrogens (primary N) is 1. The number of rotatable bonds is 11. The van der Waals surface area contributed by atoms with E-state index in [0.29, 0.717) is 32.1 Å². The standard InChI is InChI=1S/C30H40N2O10/c1-28-11-9-17(33)13-16(28)3-4-18-19-10-12-30(41,29(19,2)14-21(34)26(18)28)22(35)15-42-25(38)8-7-24(37)32-20(27(39)40)5-6-23(31)36/h13,18-20,26,41H,3-12,14-15H2,1-2H3,(H2,31,36)(H,32,37)(H,39,40)/t18-,19-,20-,26+,28-,29-,30-/m0/s1. The van der Waals surface area contributed by atoms with E-state index in [2.05, 4.69) is 12.2 Å². The molecule has 5 N–H and O–H groups in total. The van der Waals surface area contributed by atoms with Crippen molar-refractivity contribution in [2.24, 2.45) is 34.3 Å². The summed E-state index contributed by atoms with van der Waals surface area (Å²) in [4.78, 5) is 85.7. The number of hydrogen-bond acceptors (Lipinski definition) is 9. The monoisotopic (exact) mass is 588 g/mol. The van der Waals surface area contributed by atoms with Crippen molar-refractivity contribution in [2.45, 2.75) is 96.1 Å². The van der Waals surface area contributed by atoms with Crippen LogP contribution in [0.4, 0.5) is 0 Å². The van der Waals surface area contributed by atoms with Crippen LogP contribution >= 0.6 is 0 Å². The Bertz CT molecular complexity index is 1240. The van der Waals surface area contributed by atoms with Gasteiger partial charge in [0.15, 0.2) is 12.4 Å². The highest BCUT2D eigenvalue weighted by molar-refractivity contribution is 5.95. The van der Waals surface area contributed by atoms with Crippen LogP contribution < -0.4 is 11.1 Å². The van der Waals surface area contributed by atoms with E-state index in [0.717, 1.165) is 5.57 Å². The van der Waals surface area contributed by atoms with Crippen LogP contribution in [0.25, 0.3) is 0 Å². The van der Waals surface area contributed by atoms with E-state index in [4.69, 9.17) is 10.5 Å². The fourth-order valence-corrected chi connectivity index (χ4v) is 8.21. The molecule has 42 heavy (non-hydrogen) atoms. The number of nitrogens with one attached hydrogen (secondary N) is 1. The molecule has 0 heterocycles. The largest absolute Gasteiger partial charge is 0.480 e. The predicted octanol–water partition coefficient (Wildman–Crippen LogP) is 1.16. The molecule has 4 aliphatic rings. The lowest BCUT2D eigenvalue weighted by molar-refractivity contribution is -0.173. The van der Waals surface area contributed by atoms with Crippen molar-refractivity contribution in [1.29, 1.82) is 0 Å². The Kier molecular flexibility index (Phi) is 8.78. The number of aliphatic carboxylic acids is 1. The Labute approximate surface area is 243 Å². The third-order valence-corrected chi connectivity index (χ3v) is 10.5. The van der Waals surface area contributed by atoms with Crippen molar-refractivity contribution in [3.05, 3.63) is 11.6 Å². The van der Waals surface area contributed by atoms with Crippen LogP contribution in [0.5, 0.6) is 0 Å². The molecule has 4 aliphatic carbocycles. The van der Waals surface area contributed by atoms with Crippen LogP contribution in [0, 0.1) is 28.6 Å². The molecule has 0 aromatic carbocycles. The van der Waals surface area contributed by atoms with Crippen molar-refractivity contribution in [2.75, 3.05) is 6.61 Å². The minimum atomic E-state index is -1.86. The van der Waals surface area contributed by atoms with Crippen LogP contribution in [0.3, 0.4) is 0 Å². The van der Waals surface area contributed by atoms with Crippen molar-refractivity contribution in [3.8, 4) is 0 Å². The molecule has 3 saturated carbocycles. The number of primary amides is 1. The Morgan fingerprint density at radius 1 is 1.07 bits per heavy atom. The van der Waals surface area contributed by atoms with Crippen molar-refractivity contribution >= 4 is 41.1 Å². The van der Waals surface area contributed by atoms with Gasteiger partial charge < -0.3 is 26.0 Å². The van der Waals surface area contributed by atoms with Gasteiger partial charge in [-0.25, -0.2) is 4.79 Å². The fourth-order valence-electron chi connectivity index (χ4n) is 8.21. The van der Waals surface area contributed by atoms with E-state index in [9.17, 15) is 43.8 Å². The van der Waals surface area contributed by atoms with Gasteiger partial charge in [-0.05, 0) is 61.9 Å². The molecule has 0 unspecified atom stereocenters.